The van der Waals surface area contributed by atoms with Gasteiger partial charge in [-0.2, -0.15) is 0 Å². The first-order valence-electron chi connectivity index (χ1n) is 6.06. The average Bonchev–Trinajstić information content (AvgIpc) is 2.28. The van der Waals surface area contributed by atoms with Gasteiger partial charge in [-0.05, 0) is 24.5 Å². The summed E-state index contributed by atoms with van der Waals surface area (Å²) in [5.41, 5.74) is 0.744. The number of rotatable bonds is 7. The van der Waals surface area contributed by atoms with Crippen LogP contribution in [0.15, 0.2) is 29.2 Å². The van der Waals surface area contributed by atoms with Crippen molar-refractivity contribution in [2.24, 2.45) is 5.92 Å². The molecule has 0 radical (unpaired) electrons. The van der Waals surface area contributed by atoms with Gasteiger partial charge in [-0.25, -0.2) is 13.1 Å². The first-order valence-corrected chi connectivity index (χ1v) is 7.55. The van der Waals surface area contributed by atoms with Crippen LogP contribution >= 0.6 is 0 Å². The van der Waals surface area contributed by atoms with Crippen molar-refractivity contribution in [1.82, 2.24) is 4.72 Å². The van der Waals surface area contributed by atoms with E-state index in [1.165, 1.54) is 0 Å². The van der Waals surface area contributed by atoms with Crippen molar-refractivity contribution in [3.63, 3.8) is 0 Å². The third-order valence-corrected chi connectivity index (χ3v) is 3.99. The standard InChI is InChI=1S/C13H21NO3S/c1-11(2)10-17-9-8-14-18(15,16)13-7-5-4-6-12(13)3/h4-7,11,14H,8-10H2,1-3H3. The molecule has 0 aliphatic rings. The molecule has 0 heterocycles. The highest BCUT2D eigenvalue weighted by molar-refractivity contribution is 7.89. The van der Waals surface area contributed by atoms with Gasteiger partial charge in [-0.3, -0.25) is 0 Å². The number of hydrogen-bond acceptors (Lipinski definition) is 3. The smallest absolute Gasteiger partial charge is 0.240 e. The number of ether oxygens (including phenoxy) is 1. The lowest BCUT2D eigenvalue weighted by atomic mass is 10.2. The zero-order valence-electron chi connectivity index (χ0n) is 11.1. The molecule has 4 nitrogen and oxygen atoms in total. The molecular weight excluding hydrogens is 250 g/mol. The van der Waals surface area contributed by atoms with Crippen LogP contribution < -0.4 is 4.72 Å². The summed E-state index contributed by atoms with van der Waals surface area (Å²) in [5, 5.41) is 0. The monoisotopic (exact) mass is 271 g/mol. The fourth-order valence-corrected chi connectivity index (χ4v) is 2.76. The highest BCUT2D eigenvalue weighted by Crippen LogP contribution is 2.13. The SMILES string of the molecule is Cc1ccccc1S(=O)(=O)NCCOCC(C)C. The van der Waals surface area contributed by atoms with Crippen LogP contribution in [0.25, 0.3) is 0 Å². The molecule has 0 fully saturated rings. The minimum Gasteiger partial charge on any atom is -0.380 e. The lowest BCUT2D eigenvalue weighted by Gasteiger charge is -2.10. The molecule has 0 amide bonds. The molecule has 1 aromatic carbocycles. The summed E-state index contributed by atoms with van der Waals surface area (Å²) in [7, 11) is -3.42. The van der Waals surface area contributed by atoms with E-state index in [1.54, 1.807) is 25.1 Å². The van der Waals surface area contributed by atoms with Crippen molar-refractivity contribution >= 4 is 10.0 Å². The topological polar surface area (TPSA) is 55.4 Å². The third kappa shape index (κ3) is 4.76. The Morgan fingerprint density at radius 2 is 1.94 bits per heavy atom. The normalized spacial score (nSPS) is 12.0. The van der Waals surface area contributed by atoms with Crippen molar-refractivity contribution in [2.75, 3.05) is 19.8 Å². The largest absolute Gasteiger partial charge is 0.380 e. The van der Waals surface area contributed by atoms with Gasteiger partial charge >= 0.3 is 0 Å². The van der Waals surface area contributed by atoms with Crippen molar-refractivity contribution in [1.29, 1.82) is 0 Å². The van der Waals surface area contributed by atoms with Crippen LogP contribution in [0.5, 0.6) is 0 Å². The highest BCUT2D eigenvalue weighted by Gasteiger charge is 2.15. The van der Waals surface area contributed by atoms with Crippen molar-refractivity contribution < 1.29 is 13.2 Å². The van der Waals surface area contributed by atoms with E-state index < -0.39 is 10.0 Å². The Balaban J connectivity index is 2.49. The van der Waals surface area contributed by atoms with E-state index >= 15 is 0 Å². The van der Waals surface area contributed by atoms with Crippen LogP contribution in [0.3, 0.4) is 0 Å². The van der Waals surface area contributed by atoms with Gasteiger partial charge in [0.2, 0.25) is 10.0 Å². The maximum atomic E-state index is 12.0. The quantitative estimate of drug-likeness (QED) is 0.771. The summed E-state index contributed by atoms with van der Waals surface area (Å²) < 4.78 is 31.8. The molecule has 102 valence electrons. The van der Waals surface area contributed by atoms with Crippen LogP contribution in [-0.2, 0) is 14.8 Å². The van der Waals surface area contributed by atoms with Crippen molar-refractivity contribution in [3.8, 4) is 0 Å². The highest BCUT2D eigenvalue weighted by atomic mass is 32.2. The van der Waals surface area contributed by atoms with E-state index in [0.717, 1.165) is 5.56 Å². The fraction of sp³-hybridized carbons (Fsp3) is 0.538. The van der Waals surface area contributed by atoms with Gasteiger partial charge in [-0.15, -0.1) is 0 Å². The molecule has 1 aromatic rings. The molecule has 0 aromatic heterocycles. The van der Waals surface area contributed by atoms with Crippen LogP contribution in [0.1, 0.15) is 19.4 Å². The van der Waals surface area contributed by atoms with Crippen LogP contribution in [-0.4, -0.2) is 28.2 Å². The van der Waals surface area contributed by atoms with Crippen LogP contribution in [0, 0.1) is 12.8 Å². The molecule has 1 rings (SSSR count). The van der Waals surface area contributed by atoms with Crippen molar-refractivity contribution in [3.05, 3.63) is 29.8 Å². The number of nitrogens with one attached hydrogen (secondary N) is 1. The Labute approximate surface area is 109 Å². The van der Waals surface area contributed by atoms with Gasteiger partial charge in [0, 0.05) is 13.2 Å². The molecule has 0 unspecified atom stereocenters. The van der Waals surface area contributed by atoms with Gasteiger partial charge < -0.3 is 4.74 Å². The minimum absolute atomic E-state index is 0.295. The summed E-state index contributed by atoms with van der Waals surface area (Å²) >= 11 is 0. The van der Waals surface area contributed by atoms with E-state index in [2.05, 4.69) is 18.6 Å². The first kappa shape index (κ1) is 15.1. The summed E-state index contributed by atoms with van der Waals surface area (Å²) in [6, 6.07) is 6.92. The molecule has 0 bridgehead atoms. The van der Waals surface area contributed by atoms with E-state index in [0.29, 0.717) is 30.6 Å². The maximum absolute atomic E-state index is 12.0. The Kier molecular flexibility index (Phi) is 5.78. The average molecular weight is 271 g/mol. The number of benzene rings is 1. The molecule has 0 spiro atoms. The second-order valence-corrected chi connectivity index (χ2v) is 6.37. The Morgan fingerprint density at radius 1 is 1.28 bits per heavy atom. The Morgan fingerprint density at radius 3 is 2.56 bits per heavy atom. The predicted molar refractivity (Wildman–Crippen MR) is 72.0 cm³/mol. The molecule has 0 aliphatic carbocycles. The predicted octanol–water partition coefficient (Wildman–Crippen LogP) is 1.95. The fourth-order valence-electron chi connectivity index (χ4n) is 1.50. The molecule has 18 heavy (non-hydrogen) atoms. The zero-order valence-corrected chi connectivity index (χ0v) is 12.0. The summed E-state index contributed by atoms with van der Waals surface area (Å²) in [6.45, 7) is 7.22. The molecule has 0 saturated heterocycles. The van der Waals surface area contributed by atoms with Gasteiger partial charge in [0.1, 0.15) is 0 Å². The Hall–Kier alpha value is -0.910. The number of aryl methyl sites for hydroxylation is 1. The van der Waals surface area contributed by atoms with Crippen LogP contribution in [0.2, 0.25) is 0 Å². The third-order valence-electron chi connectivity index (χ3n) is 2.37. The van der Waals surface area contributed by atoms with E-state index in [4.69, 9.17) is 4.74 Å². The maximum Gasteiger partial charge on any atom is 0.240 e. The summed E-state index contributed by atoms with van der Waals surface area (Å²) in [6.07, 6.45) is 0. The minimum atomic E-state index is -3.42. The lowest BCUT2D eigenvalue weighted by molar-refractivity contribution is 0.114. The summed E-state index contributed by atoms with van der Waals surface area (Å²) in [5.74, 6) is 0.456. The van der Waals surface area contributed by atoms with Gasteiger partial charge in [-0.1, -0.05) is 32.0 Å². The molecule has 1 N–H and O–H groups in total. The van der Waals surface area contributed by atoms with Gasteiger partial charge in [0.15, 0.2) is 0 Å². The van der Waals surface area contributed by atoms with Gasteiger partial charge in [0.05, 0.1) is 11.5 Å². The van der Waals surface area contributed by atoms with E-state index in [1.807, 2.05) is 6.07 Å². The van der Waals surface area contributed by atoms with Gasteiger partial charge in [0.25, 0.3) is 0 Å². The van der Waals surface area contributed by atoms with E-state index in [-0.39, 0.29) is 0 Å². The van der Waals surface area contributed by atoms with Crippen molar-refractivity contribution in [2.45, 2.75) is 25.7 Å². The number of sulfonamides is 1. The first-order chi connectivity index (χ1) is 8.43. The second kappa shape index (κ2) is 6.87. The molecule has 5 heteroatoms. The van der Waals surface area contributed by atoms with E-state index in [9.17, 15) is 8.42 Å². The second-order valence-electron chi connectivity index (χ2n) is 4.63. The number of hydrogen-bond donors (Lipinski definition) is 1. The van der Waals surface area contributed by atoms with Crippen LogP contribution in [0.4, 0.5) is 0 Å². The molecular formula is C13H21NO3S. The molecule has 0 saturated carbocycles. The lowest BCUT2D eigenvalue weighted by Crippen LogP contribution is -2.28. The summed E-state index contributed by atoms with van der Waals surface area (Å²) in [4.78, 5) is 0.328. The molecule has 0 atom stereocenters. The molecule has 0 aliphatic heterocycles. The Bertz CT molecular complexity index is 469. The zero-order chi connectivity index (χ0) is 13.6.